The normalized spacial score (nSPS) is 10.2. The van der Waals surface area contributed by atoms with Crippen molar-refractivity contribution in [3.63, 3.8) is 0 Å². The first-order chi connectivity index (χ1) is 10.8. The highest BCUT2D eigenvalue weighted by Gasteiger charge is 2.21. The third kappa shape index (κ3) is 3.61. The van der Waals surface area contributed by atoms with Gasteiger partial charge in [-0.3, -0.25) is 25.0 Å². The molecule has 0 unspecified atom stereocenters. The molecule has 0 aromatic heterocycles. The van der Waals surface area contributed by atoms with Crippen LogP contribution in [0, 0.1) is 27.2 Å². The van der Waals surface area contributed by atoms with Crippen LogP contribution in [0.1, 0.15) is 15.9 Å². The second kappa shape index (κ2) is 6.41. The van der Waals surface area contributed by atoms with Crippen molar-refractivity contribution < 1.29 is 14.6 Å². The highest BCUT2D eigenvalue weighted by atomic mass is 35.5. The van der Waals surface area contributed by atoms with E-state index in [1.165, 1.54) is 30.3 Å². The van der Waals surface area contributed by atoms with E-state index in [4.69, 9.17) is 11.6 Å². The van der Waals surface area contributed by atoms with Crippen molar-refractivity contribution in [2.24, 2.45) is 0 Å². The van der Waals surface area contributed by atoms with Crippen molar-refractivity contribution in [2.45, 2.75) is 6.92 Å². The van der Waals surface area contributed by atoms with Crippen molar-refractivity contribution in [1.29, 1.82) is 0 Å². The van der Waals surface area contributed by atoms with E-state index in [1.54, 1.807) is 6.92 Å². The predicted molar refractivity (Wildman–Crippen MR) is 83.9 cm³/mol. The molecule has 0 saturated heterocycles. The molecular weight excluding hydrogens is 326 g/mol. The molecule has 118 valence electrons. The molecule has 0 saturated carbocycles. The van der Waals surface area contributed by atoms with Crippen molar-refractivity contribution in [2.75, 3.05) is 5.32 Å². The van der Waals surface area contributed by atoms with E-state index in [9.17, 15) is 25.0 Å². The van der Waals surface area contributed by atoms with Crippen LogP contribution in [0.2, 0.25) is 5.02 Å². The summed E-state index contributed by atoms with van der Waals surface area (Å²) in [6, 6.07) is 7.60. The minimum absolute atomic E-state index is 0.113. The lowest BCUT2D eigenvalue weighted by Gasteiger charge is -2.08. The summed E-state index contributed by atoms with van der Waals surface area (Å²) < 4.78 is 0. The molecule has 0 fully saturated rings. The first-order valence-corrected chi connectivity index (χ1v) is 6.67. The smallest absolute Gasteiger partial charge is 0.283 e. The lowest BCUT2D eigenvalue weighted by atomic mass is 10.1. The van der Waals surface area contributed by atoms with Crippen LogP contribution in [0.15, 0.2) is 36.4 Å². The molecule has 0 spiro atoms. The number of carbonyl (C=O) groups is 1. The van der Waals surface area contributed by atoms with Crippen molar-refractivity contribution in [1.82, 2.24) is 0 Å². The van der Waals surface area contributed by atoms with E-state index in [2.05, 4.69) is 5.32 Å². The Morgan fingerprint density at radius 1 is 1.09 bits per heavy atom. The SMILES string of the molecule is Cc1cc([N+](=O)[O-])ccc1NC(=O)c1ccc(Cl)cc1[N+](=O)[O-]. The van der Waals surface area contributed by atoms with Gasteiger partial charge in [-0.2, -0.15) is 0 Å². The van der Waals surface area contributed by atoms with Crippen molar-refractivity contribution in [3.8, 4) is 0 Å². The van der Waals surface area contributed by atoms with Gasteiger partial charge in [-0.05, 0) is 30.7 Å². The number of nitro groups is 2. The lowest BCUT2D eigenvalue weighted by molar-refractivity contribution is -0.385. The number of nitrogens with one attached hydrogen (secondary N) is 1. The van der Waals surface area contributed by atoms with E-state index < -0.39 is 21.4 Å². The molecule has 0 heterocycles. The Kier molecular flexibility index (Phi) is 4.56. The Labute approximate surface area is 135 Å². The molecule has 0 aliphatic rings. The van der Waals surface area contributed by atoms with Crippen LogP contribution >= 0.6 is 11.6 Å². The third-order valence-electron chi connectivity index (χ3n) is 3.07. The van der Waals surface area contributed by atoms with Gasteiger partial charge in [0.05, 0.1) is 9.85 Å². The third-order valence-corrected chi connectivity index (χ3v) is 3.31. The Morgan fingerprint density at radius 3 is 2.35 bits per heavy atom. The predicted octanol–water partition coefficient (Wildman–Crippen LogP) is 3.72. The van der Waals surface area contributed by atoms with Crippen molar-refractivity contribution in [3.05, 3.63) is 72.8 Å². The first-order valence-electron chi connectivity index (χ1n) is 6.30. The number of hydrogen-bond donors (Lipinski definition) is 1. The van der Waals surface area contributed by atoms with Crippen LogP contribution in [0.5, 0.6) is 0 Å². The molecular formula is C14H10ClN3O5. The number of anilines is 1. The Hall–Kier alpha value is -3.00. The molecule has 1 amide bonds. The number of benzene rings is 2. The second-order valence-corrected chi connectivity index (χ2v) is 5.07. The maximum Gasteiger partial charge on any atom is 0.283 e. The molecule has 0 atom stereocenters. The van der Waals surface area contributed by atoms with Gasteiger partial charge in [0, 0.05) is 28.9 Å². The van der Waals surface area contributed by atoms with Gasteiger partial charge < -0.3 is 5.32 Å². The summed E-state index contributed by atoms with van der Waals surface area (Å²) in [6.45, 7) is 1.58. The fourth-order valence-corrected chi connectivity index (χ4v) is 2.11. The van der Waals surface area contributed by atoms with Gasteiger partial charge >= 0.3 is 0 Å². The van der Waals surface area contributed by atoms with Crippen LogP contribution < -0.4 is 5.32 Å². The Balaban J connectivity index is 2.33. The minimum atomic E-state index is -0.705. The molecule has 2 aromatic carbocycles. The van der Waals surface area contributed by atoms with Gasteiger partial charge in [0.2, 0.25) is 0 Å². The summed E-state index contributed by atoms with van der Waals surface area (Å²) in [5.41, 5.74) is 0.0960. The molecule has 23 heavy (non-hydrogen) atoms. The molecule has 2 aromatic rings. The van der Waals surface area contributed by atoms with Gasteiger partial charge in [0.25, 0.3) is 17.3 Å². The topological polar surface area (TPSA) is 115 Å². The molecule has 0 bridgehead atoms. The summed E-state index contributed by atoms with van der Waals surface area (Å²) >= 11 is 5.70. The number of hydrogen-bond acceptors (Lipinski definition) is 5. The molecule has 8 nitrogen and oxygen atoms in total. The van der Waals surface area contributed by atoms with E-state index >= 15 is 0 Å². The first kappa shape index (κ1) is 16.4. The number of amides is 1. The zero-order chi connectivity index (χ0) is 17.1. The van der Waals surface area contributed by atoms with Gasteiger partial charge in [0.15, 0.2) is 0 Å². The summed E-state index contributed by atoms with van der Waals surface area (Å²) in [5.74, 6) is -0.703. The monoisotopic (exact) mass is 335 g/mol. The maximum absolute atomic E-state index is 12.2. The lowest BCUT2D eigenvalue weighted by Crippen LogP contribution is -2.14. The number of rotatable bonds is 4. The summed E-state index contributed by atoms with van der Waals surface area (Å²) in [6.07, 6.45) is 0. The summed E-state index contributed by atoms with van der Waals surface area (Å²) in [7, 11) is 0. The molecule has 9 heteroatoms. The fourth-order valence-electron chi connectivity index (χ4n) is 1.94. The number of halogens is 1. The standard InChI is InChI=1S/C14H10ClN3O5/c1-8-6-10(17(20)21)3-5-12(8)16-14(19)11-4-2-9(15)7-13(11)18(22)23/h2-7H,1H3,(H,16,19). The van der Waals surface area contributed by atoms with Gasteiger partial charge in [-0.25, -0.2) is 0 Å². The molecule has 1 N–H and O–H groups in total. The van der Waals surface area contributed by atoms with Gasteiger partial charge in [-0.15, -0.1) is 0 Å². The molecule has 0 radical (unpaired) electrons. The second-order valence-electron chi connectivity index (χ2n) is 4.63. The van der Waals surface area contributed by atoms with E-state index in [1.807, 2.05) is 0 Å². The van der Waals surface area contributed by atoms with Crippen LogP contribution in [0.3, 0.4) is 0 Å². The average molecular weight is 336 g/mol. The van der Waals surface area contributed by atoms with Crippen LogP contribution in [-0.4, -0.2) is 15.8 Å². The average Bonchev–Trinajstić information content (AvgIpc) is 2.48. The molecule has 0 aliphatic heterocycles. The number of nitrogens with zero attached hydrogens (tertiary/aromatic N) is 2. The highest BCUT2D eigenvalue weighted by molar-refractivity contribution is 6.31. The minimum Gasteiger partial charge on any atom is -0.322 e. The number of aryl methyl sites for hydroxylation is 1. The highest BCUT2D eigenvalue weighted by Crippen LogP contribution is 2.26. The fraction of sp³-hybridized carbons (Fsp3) is 0.0714. The maximum atomic E-state index is 12.2. The van der Waals surface area contributed by atoms with Gasteiger partial charge in [-0.1, -0.05) is 11.6 Å². The Bertz CT molecular complexity index is 822. The van der Waals surface area contributed by atoms with Crippen LogP contribution in [-0.2, 0) is 0 Å². The quantitative estimate of drug-likeness (QED) is 0.675. The van der Waals surface area contributed by atoms with Crippen molar-refractivity contribution >= 4 is 34.6 Å². The summed E-state index contributed by atoms with van der Waals surface area (Å²) in [5, 5.41) is 24.3. The zero-order valence-corrected chi connectivity index (χ0v) is 12.5. The molecule has 2 rings (SSSR count). The molecule has 0 aliphatic carbocycles. The van der Waals surface area contributed by atoms with Gasteiger partial charge in [0.1, 0.15) is 5.56 Å². The van der Waals surface area contributed by atoms with E-state index in [-0.39, 0.29) is 16.3 Å². The number of non-ortho nitro benzene ring substituents is 1. The zero-order valence-electron chi connectivity index (χ0n) is 11.8. The largest absolute Gasteiger partial charge is 0.322 e. The Morgan fingerprint density at radius 2 is 1.78 bits per heavy atom. The van der Waals surface area contributed by atoms with E-state index in [0.717, 1.165) is 6.07 Å². The van der Waals surface area contributed by atoms with Crippen LogP contribution in [0.4, 0.5) is 17.1 Å². The number of carbonyl (C=O) groups excluding carboxylic acids is 1. The van der Waals surface area contributed by atoms with E-state index in [0.29, 0.717) is 11.3 Å². The van der Waals surface area contributed by atoms with Crippen LogP contribution in [0.25, 0.3) is 0 Å². The summed E-state index contributed by atoms with van der Waals surface area (Å²) in [4.78, 5) is 32.7. The number of nitro benzene ring substituents is 2.